The van der Waals surface area contributed by atoms with E-state index in [-0.39, 0.29) is 4.75 Å². The number of nitrogens with zero attached hydrogens (tertiary/aromatic N) is 2. The van der Waals surface area contributed by atoms with Crippen molar-refractivity contribution in [3.8, 4) is 22.8 Å². The third kappa shape index (κ3) is 3.57. The summed E-state index contributed by atoms with van der Waals surface area (Å²) in [5.74, 6) is 1.29. The van der Waals surface area contributed by atoms with Crippen molar-refractivity contribution in [3.63, 3.8) is 0 Å². The van der Waals surface area contributed by atoms with Crippen LogP contribution in [0.1, 0.15) is 20.8 Å². The standard InChI is InChI=1S/C19H22ClN3O2S/c1-19(2,3)26-16-10-23-14(9-22-17(23)8-15(16)24-4)11-6-12(20)18(25-5)13(21)7-11/h6-10H,21H2,1-5H3. The van der Waals surface area contributed by atoms with Crippen molar-refractivity contribution in [1.29, 1.82) is 0 Å². The van der Waals surface area contributed by atoms with Gasteiger partial charge in [0.25, 0.3) is 0 Å². The Morgan fingerprint density at radius 2 is 1.88 bits per heavy atom. The molecule has 0 aliphatic heterocycles. The second-order valence-electron chi connectivity index (χ2n) is 6.87. The van der Waals surface area contributed by atoms with Gasteiger partial charge < -0.3 is 15.2 Å². The number of fused-ring (bicyclic) bond motifs is 1. The third-order valence-electron chi connectivity index (χ3n) is 3.78. The topological polar surface area (TPSA) is 61.8 Å². The number of thioether (sulfide) groups is 1. The first-order valence-corrected chi connectivity index (χ1v) is 9.30. The van der Waals surface area contributed by atoms with Crippen LogP contribution < -0.4 is 15.2 Å². The zero-order valence-electron chi connectivity index (χ0n) is 15.5. The van der Waals surface area contributed by atoms with Gasteiger partial charge in [0.2, 0.25) is 0 Å². The van der Waals surface area contributed by atoms with Crippen LogP contribution in [0, 0.1) is 0 Å². The molecule has 0 bridgehead atoms. The van der Waals surface area contributed by atoms with Gasteiger partial charge in [-0.05, 0) is 12.1 Å². The molecule has 0 amide bonds. The van der Waals surface area contributed by atoms with Crippen LogP contribution in [0.2, 0.25) is 5.02 Å². The zero-order chi connectivity index (χ0) is 19.1. The van der Waals surface area contributed by atoms with Crippen molar-refractivity contribution >= 4 is 34.7 Å². The minimum absolute atomic E-state index is 0.0511. The fraction of sp³-hybridized carbons (Fsp3) is 0.316. The number of methoxy groups -OCH3 is 2. The Morgan fingerprint density at radius 1 is 1.15 bits per heavy atom. The van der Waals surface area contributed by atoms with E-state index >= 15 is 0 Å². The lowest BCUT2D eigenvalue weighted by molar-refractivity contribution is 0.404. The monoisotopic (exact) mass is 391 g/mol. The SMILES string of the molecule is COc1cc2ncc(-c3cc(N)c(OC)c(Cl)c3)n2cc1SC(C)(C)C. The largest absolute Gasteiger partial charge is 0.495 e. The smallest absolute Gasteiger partial charge is 0.160 e. The average molecular weight is 392 g/mol. The summed E-state index contributed by atoms with van der Waals surface area (Å²) in [5.41, 5.74) is 9.13. The summed E-state index contributed by atoms with van der Waals surface area (Å²) >= 11 is 8.05. The Morgan fingerprint density at radius 3 is 2.46 bits per heavy atom. The predicted octanol–water partition coefficient (Wildman–Crippen LogP) is 5.14. The predicted molar refractivity (Wildman–Crippen MR) is 109 cm³/mol. The van der Waals surface area contributed by atoms with Gasteiger partial charge in [0, 0.05) is 22.6 Å². The third-order valence-corrected chi connectivity index (χ3v) is 5.20. The van der Waals surface area contributed by atoms with E-state index < -0.39 is 0 Å². The fourth-order valence-electron chi connectivity index (χ4n) is 2.74. The van der Waals surface area contributed by atoms with Crippen molar-refractivity contribution in [3.05, 3.63) is 35.6 Å². The van der Waals surface area contributed by atoms with Crippen LogP contribution in [0.15, 0.2) is 35.5 Å². The summed E-state index contributed by atoms with van der Waals surface area (Å²) < 4.78 is 12.9. The number of halogens is 1. The van der Waals surface area contributed by atoms with Crippen LogP contribution in [0.25, 0.3) is 16.9 Å². The van der Waals surface area contributed by atoms with Crippen molar-refractivity contribution < 1.29 is 9.47 Å². The number of benzene rings is 1. The van der Waals surface area contributed by atoms with Crippen LogP contribution in [0.4, 0.5) is 5.69 Å². The molecular weight excluding hydrogens is 370 g/mol. The average Bonchev–Trinajstić information content (AvgIpc) is 2.95. The van der Waals surface area contributed by atoms with E-state index in [0.717, 1.165) is 27.5 Å². The Kier molecular flexibility index (Phi) is 4.99. The minimum atomic E-state index is 0.0511. The van der Waals surface area contributed by atoms with Gasteiger partial charge in [-0.25, -0.2) is 4.98 Å². The molecule has 5 nitrogen and oxygen atoms in total. The number of imidazole rings is 1. The molecule has 0 aliphatic carbocycles. The molecule has 3 aromatic rings. The lowest BCUT2D eigenvalue weighted by Gasteiger charge is -2.20. The quantitative estimate of drug-likeness (QED) is 0.492. The van der Waals surface area contributed by atoms with E-state index in [2.05, 4.69) is 25.8 Å². The number of hydrogen-bond acceptors (Lipinski definition) is 5. The molecule has 7 heteroatoms. The molecule has 138 valence electrons. The van der Waals surface area contributed by atoms with Gasteiger partial charge >= 0.3 is 0 Å². The van der Waals surface area contributed by atoms with Gasteiger partial charge in [0.15, 0.2) is 5.75 Å². The number of hydrogen-bond donors (Lipinski definition) is 1. The second kappa shape index (κ2) is 6.93. The van der Waals surface area contributed by atoms with Crippen molar-refractivity contribution in [1.82, 2.24) is 9.38 Å². The van der Waals surface area contributed by atoms with Crippen LogP contribution in [-0.4, -0.2) is 28.4 Å². The molecule has 0 radical (unpaired) electrons. The van der Waals surface area contributed by atoms with Gasteiger partial charge in [-0.15, -0.1) is 11.8 Å². The van der Waals surface area contributed by atoms with Crippen LogP contribution in [-0.2, 0) is 0 Å². The van der Waals surface area contributed by atoms with Gasteiger partial charge in [-0.3, -0.25) is 4.40 Å². The van der Waals surface area contributed by atoms with Gasteiger partial charge in [0.05, 0.1) is 41.7 Å². The van der Waals surface area contributed by atoms with Crippen molar-refractivity contribution in [2.45, 2.75) is 30.4 Å². The van der Waals surface area contributed by atoms with Crippen LogP contribution in [0.5, 0.6) is 11.5 Å². The van der Waals surface area contributed by atoms with E-state index in [1.807, 2.05) is 28.8 Å². The Hall–Kier alpha value is -2.05. The molecule has 2 heterocycles. The summed E-state index contributed by atoms with van der Waals surface area (Å²) in [6.45, 7) is 6.50. The normalized spacial score (nSPS) is 11.8. The minimum Gasteiger partial charge on any atom is -0.495 e. The van der Waals surface area contributed by atoms with Crippen LogP contribution >= 0.6 is 23.4 Å². The van der Waals surface area contributed by atoms with E-state index in [4.69, 9.17) is 26.8 Å². The first kappa shape index (κ1) is 18.7. The summed E-state index contributed by atoms with van der Waals surface area (Å²) in [7, 11) is 3.22. The van der Waals surface area contributed by atoms with E-state index in [1.54, 1.807) is 32.2 Å². The highest BCUT2D eigenvalue weighted by Gasteiger charge is 2.19. The Balaban J connectivity index is 2.18. The lowest BCUT2D eigenvalue weighted by atomic mass is 10.1. The molecule has 0 unspecified atom stereocenters. The Bertz CT molecular complexity index is 940. The van der Waals surface area contributed by atoms with E-state index in [0.29, 0.717) is 16.5 Å². The number of ether oxygens (including phenoxy) is 2. The molecule has 0 saturated carbocycles. The van der Waals surface area contributed by atoms with Crippen LogP contribution in [0.3, 0.4) is 0 Å². The molecular formula is C19H22ClN3O2S. The van der Waals surface area contributed by atoms with Gasteiger partial charge in [0.1, 0.15) is 11.4 Å². The van der Waals surface area contributed by atoms with E-state index in [1.165, 1.54) is 0 Å². The maximum Gasteiger partial charge on any atom is 0.160 e. The number of anilines is 1. The lowest BCUT2D eigenvalue weighted by Crippen LogP contribution is -2.07. The van der Waals surface area contributed by atoms with Gasteiger partial charge in [-0.2, -0.15) is 0 Å². The molecule has 0 saturated heterocycles. The maximum atomic E-state index is 6.31. The summed E-state index contributed by atoms with van der Waals surface area (Å²) in [5, 5.41) is 0.468. The highest BCUT2D eigenvalue weighted by atomic mass is 35.5. The highest BCUT2D eigenvalue weighted by Crippen LogP contribution is 2.40. The number of nitrogen functional groups attached to an aromatic ring is 1. The number of nitrogens with two attached hydrogens (primary N) is 1. The molecule has 0 spiro atoms. The molecule has 0 fully saturated rings. The van der Waals surface area contributed by atoms with Crippen molar-refractivity contribution in [2.24, 2.45) is 0 Å². The summed E-state index contributed by atoms with van der Waals surface area (Å²) in [4.78, 5) is 5.54. The molecule has 2 aromatic heterocycles. The highest BCUT2D eigenvalue weighted by molar-refractivity contribution is 8.00. The summed E-state index contributed by atoms with van der Waals surface area (Å²) in [6, 6.07) is 5.61. The number of rotatable bonds is 4. The molecule has 1 aromatic carbocycles. The maximum absolute atomic E-state index is 6.31. The molecule has 26 heavy (non-hydrogen) atoms. The van der Waals surface area contributed by atoms with Gasteiger partial charge in [-0.1, -0.05) is 32.4 Å². The first-order valence-electron chi connectivity index (χ1n) is 8.11. The second-order valence-corrected chi connectivity index (χ2v) is 9.15. The molecule has 2 N–H and O–H groups in total. The fourth-order valence-corrected chi connectivity index (χ4v) is 4.11. The molecule has 3 rings (SSSR count). The first-order chi connectivity index (χ1) is 12.2. The zero-order valence-corrected chi connectivity index (χ0v) is 17.0. The van der Waals surface area contributed by atoms with Crippen molar-refractivity contribution in [2.75, 3.05) is 20.0 Å². The Labute approximate surface area is 162 Å². The number of pyridine rings is 1. The number of aromatic nitrogens is 2. The summed E-state index contributed by atoms with van der Waals surface area (Å²) in [6.07, 6.45) is 3.85. The molecule has 0 aliphatic rings. The molecule has 0 atom stereocenters. The van der Waals surface area contributed by atoms with E-state index in [9.17, 15) is 0 Å².